The number of carbonyl (C=O) groups excluding carboxylic acids is 2. The summed E-state index contributed by atoms with van der Waals surface area (Å²) in [4.78, 5) is 29.6. The molecular weight excluding hydrogens is 426 g/mol. The van der Waals surface area contributed by atoms with Gasteiger partial charge >= 0.3 is 0 Å². The molecule has 1 fully saturated rings. The minimum atomic E-state index is -1.01. The molecule has 1 saturated carbocycles. The largest absolute Gasteiger partial charge is 0.497 e. The fourth-order valence-corrected chi connectivity index (χ4v) is 5.47. The van der Waals surface area contributed by atoms with E-state index in [0.717, 1.165) is 47.9 Å². The zero-order valence-electron chi connectivity index (χ0n) is 20.0. The first-order valence-corrected chi connectivity index (χ1v) is 12.3. The number of para-hydroxylation sites is 1. The molecular formula is C28H33N3O3. The van der Waals surface area contributed by atoms with Crippen LogP contribution in [-0.4, -0.2) is 40.0 Å². The number of fused-ring (bicyclic) bond motifs is 3. The molecule has 6 heteroatoms. The summed E-state index contributed by atoms with van der Waals surface area (Å²) in [7, 11) is 1.63. The van der Waals surface area contributed by atoms with Gasteiger partial charge in [-0.25, -0.2) is 0 Å². The summed E-state index contributed by atoms with van der Waals surface area (Å²) in [5.74, 6) is 0.545. The third kappa shape index (κ3) is 4.06. The number of aromatic nitrogens is 1. The Hall–Kier alpha value is -3.28. The average molecular weight is 460 g/mol. The van der Waals surface area contributed by atoms with Crippen LogP contribution in [0.2, 0.25) is 0 Å². The molecule has 0 radical (unpaired) electrons. The second-order valence-electron chi connectivity index (χ2n) is 9.85. The lowest BCUT2D eigenvalue weighted by Crippen LogP contribution is -2.64. The van der Waals surface area contributed by atoms with Crippen LogP contribution in [0.1, 0.15) is 61.5 Å². The van der Waals surface area contributed by atoms with E-state index < -0.39 is 5.54 Å². The smallest absolute Gasteiger partial charge is 0.271 e. The Labute approximate surface area is 200 Å². The summed E-state index contributed by atoms with van der Waals surface area (Å²) in [6.45, 7) is 2.67. The van der Waals surface area contributed by atoms with Crippen molar-refractivity contribution in [2.24, 2.45) is 0 Å². The third-order valence-electron chi connectivity index (χ3n) is 7.49. The molecule has 0 saturated heterocycles. The van der Waals surface area contributed by atoms with Crippen LogP contribution in [0.3, 0.4) is 0 Å². The molecule has 0 bridgehead atoms. The third-order valence-corrected chi connectivity index (χ3v) is 7.49. The molecule has 0 unspecified atom stereocenters. The van der Waals surface area contributed by atoms with E-state index in [9.17, 15) is 9.59 Å². The molecule has 1 aliphatic heterocycles. The van der Waals surface area contributed by atoms with Gasteiger partial charge in [0.1, 0.15) is 17.0 Å². The molecule has 1 atom stereocenters. The topological polar surface area (TPSA) is 63.6 Å². The van der Waals surface area contributed by atoms with Crippen molar-refractivity contribution in [1.29, 1.82) is 0 Å². The maximum absolute atomic E-state index is 13.9. The number of ether oxygens (including phenoxy) is 1. The highest BCUT2D eigenvalue weighted by molar-refractivity contribution is 6.03. The van der Waals surface area contributed by atoms with Crippen molar-refractivity contribution < 1.29 is 14.3 Å². The zero-order chi connectivity index (χ0) is 23.7. The lowest BCUT2D eigenvalue weighted by atomic mass is 9.93. The van der Waals surface area contributed by atoms with E-state index in [1.54, 1.807) is 12.0 Å². The Bertz CT molecular complexity index is 1210. The first-order valence-electron chi connectivity index (χ1n) is 12.3. The van der Waals surface area contributed by atoms with Gasteiger partial charge in [0.25, 0.3) is 5.91 Å². The highest BCUT2D eigenvalue weighted by atomic mass is 16.5. The van der Waals surface area contributed by atoms with E-state index >= 15 is 0 Å². The standard InChI is InChI=1S/C28H33N3O3/c1-28(27(33)29-22-12-5-3-4-6-13-22)19-30-24-15-8-7-11-21(24)17-25(30)26(32)31(28)18-20-10-9-14-23(16-20)34-2/h7-11,14-17,22H,3-6,12-13,18-19H2,1-2H3,(H,29,33)/t28-/m1/s1. The molecule has 2 aromatic carbocycles. The molecule has 2 amide bonds. The number of hydrogen-bond acceptors (Lipinski definition) is 3. The van der Waals surface area contributed by atoms with E-state index in [4.69, 9.17) is 4.74 Å². The average Bonchev–Trinajstić information content (AvgIpc) is 3.02. The van der Waals surface area contributed by atoms with Gasteiger partial charge in [-0.1, -0.05) is 56.0 Å². The predicted molar refractivity (Wildman–Crippen MR) is 133 cm³/mol. The molecule has 1 aliphatic carbocycles. The van der Waals surface area contributed by atoms with Gasteiger partial charge in [0.15, 0.2) is 0 Å². The number of methoxy groups -OCH3 is 1. The van der Waals surface area contributed by atoms with Crippen LogP contribution in [0, 0.1) is 0 Å². The lowest BCUT2D eigenvalue weighted by molar-refractivity contribution is -0.134. The van der Waals surface area contributed by atoms with Gasteiger partial charge in [0.05, 0.1) is 13.7 Å². The first kappa shape index (κ1) is 22.5. The number of carbonyl (C=O) groups is 2. The van der Waals surface area contributed by atoms with Crippen LogP contribution in [0.15, 0.2) is 54.6 Å². The number of nitrogens with zero attached hydrogens (tertiary/aromatic N) is 2. The van der Waals surface area contributed by atoms with Crippen molar-refractivity contribution in [1.82, 2.24) is 14.8 Å². The molecule has 0 spiro atoms. The van der Waals surface area contributed by atoms with Crippen LogP contribution >= 0.6 is 0 Å². The molecule has 5 rings (SSSR count). The van der Waals surface area contributed by atoms with Crippen LogP contribution < -0.4 is 10.1 Å². The van der Waals surface area contributed by atoms with Gasteiger partial charge in [-0.05, 0) is 49.6 Å². The monoisotopic (exact) mass is 459 g/mol. The summed E-state index contributed by atoms with van der Waals surface area (Å²) in [5.41, 5.74) is 1.54. The quantitative estimate of drug-likeness (QED) is 0.552. The van der Waals surface area contributed by atoms with Crippen molar-refractivity contribution in [3.8, 4) is 5.75 Å². The summed E-state index contributed by atoms with van der Waals surface area (Å²) in [6, 6.07) is 17.8. The van der Waals surface area contributed by atoms with E-state index in [0.29, 0.717) is 18.8 Å². The highest BCUT2D eigenvalue weighted by Crippen LogP contribution is 2.34. The highest BCUT2D eigenvalue weighted by Gasteiger charge is 2.48. The number of nitrogens with one attached hydrogen (secondary N) is 1. The van der Waals surface area contributed by atoms with Gasteiger partial charge in [-0.3, -0.25) is 9.59 Å². The molecule has 1 N–H and O–H groups in total. The minimum absolute atomic E-state index is 0.0703. The van der Waals surface area contributed by atoms with Gasteiger partial charge in [-0.2, -0.15) is 0 Å². The Kier molecular flexibility index (Phi) is 6.07. The number of benzene rings is 2. The fourth-order valence-electron chi connectivity index (χ4n) is 5.47. The van der Waals surface area contributed by atoms with Crippen LogP contribution in [-0.2, 0) is 17.9 Å². The van der Waals surface area contributed by atoms with E-state index in [-0.39, 0.29) is 17.9 Å². The number of amides is 2. The maximum atomic E-state index is 13.9. The molecule has 34 heavy (non-hydrogen) atoms. The van der Waals surface area contributed by atoms with Crippen molar-refractivity contribution in [2.45, 2.75) is 70.1 Å². The Balaban J connectivity index is 1.53. The second-order valence-corrected chi connectivity index (χ2v) is 9.85. The number of rotatable bonds is 5. The molecule has 6 nitrogen and oxygen atoms in total. The first-order chi connectivity index (χ1) is 16.5. The number of hydrogen-bond donors (Lipinski definition) is 1. The van der Waals surface area contributed by atoms with E-state index in [1.807, 2.05) is 66.1 Å². The van der Waals surface area contributed by atoms with Crippen LogP contribution in [0.25, 0.3) is 10.9 Å². The summed E-state index contributed by atoms with van der Waals surface area (Å²) >= 11 is 0. The normalized spacial score (nSPS) is 21.2. The van der Waals surface area contributed by atoms with Gasteiger partial charge in [-0.15, -0.1) is 0 Å². The van der Waals surface area contributed by atoms with Crippen molar-refractivity contribution in [2.75, 3.05) is 7.11 Å². The van der Waals surface area contributed by atoms with E-state index in [2.05, 4.69) is 5.32 Å². The second kappa shape index (κ2) is 9.16. The Morgan fingerprint density at radius 1 is 1.06 bits per heavy atom. The van der Waals surface area contributed by atoms with Crippen LogP contribution in [0.4, 0.5) is 0 Å². The molecule has 2 heterocycles. The predicted octanol–water partition coefficient (Wildman–Crippen LogP) is 4.90. The molecule has 1 aromatic heterocycles. The summed E-state index contributed by atoms with van der Waals surface area (Å²) in [6.07, 6.45) is 6.74. The lowest BCUT2D eigenvalue weighted by Gasteiger charge is -2.44. The van der Waals surface area contributed by atoms with Crippen LogP contribution in [0.5, 0.6) is 5.75 Å². The summed E-state index contributed by atoms with van der Waals surface area (Å²) < 4.78 is 7.41. The molecule has 2 aliphatic rings. The Morgan fingerprint density at radius 3 is 2.59 bits per heavy atom. The minimum Gasteiger partial charge on any atom is -0.497 e. The van der Waals surface area contributed by atoms with Crippen molar-refractivity contribution >= 4 is 22.7 Å². The van der Waals surface area contributed by atoms with Gasteiger partial charge in [0, 0.05) is 23.5 Å². The van der Waals surface area contributed by atoms with Crippen molar-refractivity contribution in [3.05, 3.63) is 65.9 Å². The van der Waals surface area contributed by atoms with Crippen molar-refractivity contribution in [3.63, 3.8) is 0 Å². The SMILES string of the molecule is COc1cccc(CN2C(=O)c3cc4ccccc4n3C[C@]2(C)C(=O)NC2CCCCCC2)c1. The molecule has 178 valence electrons. The van der Waals surface area contributed by atoms with Gasteiger partial charge in [0.2, 0.25) is 5.91 Å². The fraction of sp³-hybridized carbons (Fsp3) is 0.429. The Morgan fingerprint density at radius 2 is 1.82 bits per heavy atom. The van der Waals surface area contributed by atoms with Gasteiger partial charge < -0.3 is 19.5 Å². The maximum Gasteiger partial charge on any atom is 0.271 e. The summed E-state index contributed by atoms with van der Waals surface area (Å²) in [5, 5.41) is 4.34. The molecule has 3 aromatic rings. The zero-order valence-corrected chi connectivity index (χ0v) is 20.0. The van der Waals surface area contributed by atoms with E-state index in [1.165, 1.54) is 12.8 Å².